The van der Waals surface area contributed by atoms with Gasteiger partial charge in [-0.25, -0.2) is 9.78 Å². The van der Waals surface area contributed by atoms with E-state index in [1.54, 1.807) is 30.3 Å². The third-order valence-corrected chi connectivity index (χ3v) is 5.06. The van der Waals surface area contributed by atoms with Gasteiger partial charge in [-0.1, -0.05) is 23.5 Å². The summed E-state index contributed by atoms with van der Waals surface area (Å²) in [6.45, 7) is 1.91. The number of methoxy groups -OCH3 is 1. The van der Waals surface area contributed by atoms with E-state index in [9.17, 15) is 9.59 Å². The number of fused-ring (bicyclic) bond motifs is 2. The Bertz CT molecular complexity index is 1200. The van der Waals surface area contributed by atoms with Gasteiger partial charge in [0.1, 0.15) is 0 Å². The first-order chi connectivity index (χ1) is 13.0. The number of benzene rings is 2. The van der Waals surface area contributed by atoms with Gasteiger partial charge in [0.05, 0.1) is 28.4 Å². The molecule has 134 valence electrons. The Morgan fingerprint density at radius 3 is 2.56 bits per heavy atom. The molecule has 2 aromatic carbocycles. The first-order valence-electron chi connectivity index (χ1n) is 8.21. The third-order valence-electron chi connectivity index (χ3n) is 4.12. The summed E-state index contributed by atoms with van der Waals surface area (Å²) in [5.74, 6) is -0.665. The average molecular weight is 377 g/mol. The summed E-state index contributed by atoms with van der Waals surface area (Å²) in [6.07, 6.45) is 0. The van der Waals surface area contributed by atoms with E-state index >= 15 is 0 Å². The van der Waals surface area contributed by atoms with Crippen molar-refractivity contribution >= 4 is 49.5 Å². The molecular weight excluding hydrogens is 362 g/mol. The highest BCUT2D eigenvalue weighted by molar-refractivity contribution is 7.22. The van der Waals surface area contributed by atoms with Crippen LogP contribution in [0.5, 0.6) is 0 Å². The number of aromatic nitrogens is 2. The van der Waals surface area contributed by atoms with Crippen LogP contribution in [0.4, 0.5) is 5.13 Å². The number of rotatable bonds is 3. The summed E-state index contributed by atoms with van der Waals surface area (Å²) < 4.78 is 5.52. The molecule has 0 radical (unpaired) electrons. The summed E-state index contributed by atoms with van der Waals surface area (Å²) >= 11 is 1.30. The number of carbonyl (C=O) groups is 2. The Morgan fingerprint density at radius 2 is 1.74 bits per heavy atom. The minimum Gasteiger partial charge on any atom is -0.465 e. The molecule has 0 aliphatic heterocycles. The Kier molecular flexibility index (Phi) is 4.29. The maximum absolute atomic E-state index is 12.6. The first-order valence-corrected chi connectivity index (χ1v) is 9.03. The Morgan fingerprint density at radius 1 is 0.963 bits per heavy atom. The van der Waals surface area contributed by atoms with Crippen molar-refractivity contribution in [1.29, 1.82) is 0 Å². The summed E-state index contributed by atoms with van der Waals surface area (Å²) in [6, 6.07) is 14.4. The van der Waals surface area contributed by atoms with Crippen LogP contribution >= 0.6 is 11.3 Å². The summed E-state index contributed by atoms with van der Waals surface area (Å²) in [5.41, 5.74) is 3.33. The molecule has 0 saturated carbocycles. The number of carbonyl (C=O) groups excluding carboxylic acids is 2. The molecule has 2 aromatic heterocycles. The SMILES string of the molecule is COC(=O)c1ccc2nc(NC(=O)c3ccc4ccc(C)nc4c3)sc2c1. The van der Waals surface area contributed by atoms with Crippen molar-refractivity contribution in [1.82, 2.24) is 9.97 Å². The van der Waals surface area contributed by atoms with Gasteiger partial charge in [0.15, 0.2) is 5.13 Å². The average Bonchev–Trinajstić information content (AvgIpc) is 3.07. The fraction of sp³-hybridized carbons (Fsp3) is 0.100. The van der Waals surface area contributed by atoms with Crippen LogP contribution in [-0.4, -0.2) is 29.0 Å². The van der Waals surface area contributed by atoms with Gasteiger partial charge in [-0.2, -0.15) is 0 Å². The van der Waals surface area contributed by atoms with Gasteiger partial charge in [-0.3, -0.25) is 15.1 Å². The molecule has 1 N–H and O–H groups in total. The van der Waals surface area contributed by atoms with E-state index in [0.29, 0.717) is 21.8 Å². The second-order valence-electron chi connectivity index (χ2n) is 6.01. The number of aryl methyl sites for hydroxylation is 1. The molecule has 0 aliphatic carbocycles. The highest BCUT2D eigenvalue weighted by atomic mass is 32.1. The number of hydrogen-bond acceptors (Lipinski definition) is 6. The van der Waals surface area contributed by atoms with Crippen molar-refractivity contribution in [3.63, 3.8) is 0 Å². The van der Waals surface area contributed by atoms with E-state index in [4.69, 9.17) is 4.74 Å². The smallest absolute Gasteiger partial charge is 0.337 e. The van der Waals surface area contributed by atoms with E-state index in [-0.39, 0.29) is 5.91 Å². The zero-order valence-corrected chi connectivity index (χ0v) is 15.5. The van der Waals surface area contributed by atoms with Crippen LogP contribution in [0.2, 0.25) is 0 Å². The lowest BCUT2D eigenvalue weighted by molar-refractivity contribution is 0.0601. The second-order valence-corrected chi connectivity index (χ2v) is 7.04. The van der Waals surface area contributed by atoms with Gasteiger partial charge in [-0.15, -0.1) is 0 Å². The number of thiazole rings is 1. The van der Waals surface area contributed by atoms with Gasteiger partial charge >= 0.3 is 5.97 Å². The lowest BCUT2D eigenvalue weighted by Gasteiger charge is -2.04. The quantitative estimate of drug-likeness (QED) is 0.541. The predicted octanol–water partition coefficient (Wildman–Crippen LogP) is 4.19. The molecule has 4 aromatic rings. The van der Waals surface area contributed by atoms with Crippen LogP contribution in [-0.2, 0) is 4.74 Å². The normalized spacial score (nSPS) is 10.9. The fourth-order valence-electron chi connectivity index (χ4n) is 2.75. The molecule has 2 heterocycles. The van der Waals surface area contributed by atoms with Crippen molar-refractivity contribution in [3.05, 3.63) is 65.4 Å². The molecule has 0 saturated heterocycles. The highest BCUT2D eigenvalue weighted by Gasteiger charge is 2.13. The van der Waals surface area contributed by atoms with Crippen LogP contribution in [0, 0.1) is 6.92 Å². The lowest BCUT2D eigenvalue weighted by Crippen LogP contribution is -2.11. The van der Waals surface area contributed by atoms with Gasteiger partial charge in [-0.05, 0) is 43.3 Å². The Labute approximate surface area is 158 Å². The molecule has 0 atom stereocenters. The van der Waals surface area contributed by atoms with Crippen LogP contribution in [0.1, 0.15) is 26.4 Å². The van der Waals surface area contributed by atoms with Gasteiger partial charge < -0.3 is 4.74 Å². The number of esters is 1. The predicted molar refractivity (Wildman–Crippen MR) is 105 cm³/mol. The van der Waals surface area contributed by atoms with Crippen molar-refractivity contribution in [2.75, 3.05) is 12.4 Å². The molecular formula is C20H15N3O3S. The minimum absolute atomic E-state index is 0.257. The van der Waals surface area contributed by atoms with E-state index < -0.39 is 5.97 Å². The zero-order chi connectivity index (χ0) is 19.0. The molecule has 0 fully saturated rings. The number of anilines is 1. The topological polar surface area (TPSA) is 81.2 Å². The van der Waals surface area contributed by atoms with E-state index in [1.807, 2.05) is 25.1 Å². The number of hydrogen-bond donors (Lipinski definition) is 1. The number of pyridine rings is 1. The number of ether oxygens (including phenoxy) is 1. The largest absolute Gasteiger partial charge is 0.465 e. The van der Waals surface area contributed by atoms with Crippen LogP contribution in [0.25, 0.3) is 21.1 Å². The highest BCUT2D eigenvalue weighted by Crippen LogP contribution is 2.27. The maximum Gasteiger partial charge on any atom is 0.337 e. The van der Waals surface area contributed by atoms with Gasteiger partial charge in [0.25, 0.3) is 5.91 Å². The summed E-state index contributed by atoms with van der Waals surface area (Å²) in [7, 11) is 1.34. The molecule has 6 nitrogen and oxygen atoms in total. The van der Waals surface area contributed by atoms with Crippen molar-refractivity contribution in [2.45, 2.75) is 6.92 Å². The van der Waals surface area contributed by atoms with Crippen LogP contribution < -0.4 is 5.32 Å². The molecule has 7 heteroatoms. The molecule has 0 spiro atoms. The van der Waals surface area contributed by atoms with Crippen molar-refractivity contribution in [2.24, 2.45) is 0 Å². The second kappa shape index (κ2) is 6.77. The van der Waals surface area contributed by atoms with Crippen molar-refractivity contribution < 1.29 is 14.3 Å². The maximum atomic E-state index is 12.6. The molecule has 4 rings (SSSR count). The molecule has 27 heavy (non-hydrogen) atoms. The zero-order valence-electron chi connectivity index (χ0n) is 14.6. The number of nitrogens with one attached hydrogen (secondary N) is 1. The minimum atomic E-state index is -0.408. The standard InChI is InChI=1S/C20H15N3O3S/c1-11-3-4-12-5-6-13(9-16(12)21-11)18(24)23-20-22-15-8-7-14(19(25)26-2)10-17(15)27-20/h3-10H,1-2H3,(H,22,23,24). The lowest BCUT2D eigenvalue weighted by atomic mass is 10.1. The number of amides is 1. The van der Waals surface area contributed by atoms with E-state index in [1.165, 1.54) is 18.4 Å². The monoisotopic (exact) mass is 377 g/mol. The Balaban J connectivity index is 1.61. The Hall–Kier alpha value is -3.32. The fourth-order valence-corrected chi connectivity index (χ4v) is 3.65. The van der Waals surface area contributed by atoms with Crippen molar-refractivity contribution in [3.8, 4) is 0 Å². The summed E-state index contributed by atoms with van der Waals surface area (Å²) in [4.78, 5) is 33.1. The number of nitrogens with zero attached hydrogens (tertiary/aromatic N) is 2. The molecule has 0 unspecified atom stereocenters. The third kappa shape index (κ3) is 3.37. The van der Waals surface area contributed by atoms with E-state index in [0.717, 1.165) is 21.3 Å². The molecule has 0 bridgehead atoms. The van der Waals surface area contributed by atoms with Crippen LogP contribution in [0.15, 0.2) is 48.5 Å². The molecule has 1 amide bonds. The molecule has 0 aliphatic rings. The van der Waals surface area contributed by atoms with Gasteiger partial charge in [0.2, 0.25) is 0 Å². The van der Waals surface area contributed by atoms with Gasteiger partial charge in [0, 0.05) is 16.6 Å². The summed E-state index contributed by atoms with van der Waals surface area (Å²) in [5, 5.41) is 4.26. The van der Waals surface area contributed by atoms with E-state index in [2.05, 4.69) is 15.3 Å². The van der Waals surface area contributed by atoms with Crippen LogP contribution in [0.3, 0.4) is 0 Å². The first kappa shape index (κ1) is 17.1.